The van der Waals surface area contributed by atoms with E-state index in [-0.39, 0.29) is 24.0 Å². The number of nitrogens with one attached hydrogen (secondary N) is 2. The van der Waals surface area contributed by atoms with Crippen molar-refractivity contribution in [2.45, 2.75) is 13.0 Å². The van der Waals surface area contributed by atoms with Gasteiger partial charge in [0.15, 0.2) is 0 Å². The number of imidazole rings is 1. The third-order valence-corrected chi connectivity index (χ3v) is 4.23. The first-order valence-corrected chi connectivity index (χ1v) is 8.51. The van der Waals surface area contributed by atoms with Crippen LogP contribution in [0.15, 0.2) is 59.5 Å². The molecule has 0 saturated carbocycles. The second kappa shape index (κ2) is 8.21. The number of nitro benzene ring substituents is 1. The number of nitro groups is 1. The smallest absolute Gasteiger partial charge is 0.328 e. The van der Waals surface area contributed by atoms with E-state index in [9.17, 15) is 24.8 Å². The van der Waals surface area contributed by atoms with E-state index in [1.807, 2.05) is 24.3 Å². The van der Waals surface area contributed by atoms with Gasteiger partial charge < -0.3 is 15.4 Å². The summed E-state index contributed by atoms with van der Waals surface area (Å²) >= 11 is 0. The standard InChI is InChI=1S/C19H18N4O5/c24-17(12-22-18(25)11-21-19(22)26)20-9-8-13-4-6-14(7-5-13)15-2-1-3-16(10-15)23(27)28/h1-7,10-11,25H,8-9,12H2,(H,20,24)(H,21,26). The predicted molar refractivity (Wildman–Crippen MR) is 102 cm³/mol. The fraction of sp³-hybridized carbons (Fsp3) is 0.158. The Labute approximate surface area is 159 Å². The molecule has 9 nitrogen and oxygen atoms in total. The van der Waals surface area contributed by atoms with Crippen LogP contribution in [0.4, 0.5) is 5.69 Å². The molecule has 0 saturated heterocycles. The minimum Gasteiger partial charge on any atom is -0.493 e. The Morgan fingerprint density at radius 2 is 1.93 bits per heavy atom. The van der Waals surface area contributed by atoms with Crippen molar-refractivity contribution >= 4 is 11.6 Å². The molecule has 0 fully saturated rings. The zero-order valence-corrected chi connectivity index (χ0v) is 14.8. The zero-order chi connectivity index (χ0) is 20.1. The van der Waals surface area contributed by atoms with Gasteiger partial charge in [-0.1, -0.05) is 36.4 Å². The van der Waals surface area contributed by atoms with Crippen LogP contribution in [0.2, 0.25) is 0 Å². The lowest BCUT2D eigenvalue weighted by Gasteiger charge is -2.07. The van der Waals surface area contributed by atoms with E-state index in [0.29, 0.717) is 13.0 Å². The van der Waals surface area contributed by atoms with Crippen molar-refractivity contribution in [3.63, 3.8) is 0 Å². The van der Waals surface area contributed by atoms with Gasteiger partial charge in [0.25, 0.3) is 5.69 Å². The largest absolute Gasteiger partial charge is 0.493 e. The van der Waals surface area contributed by atoms with E-state index in [1.54, 1.807) is 12.1 Å². The summed E-state index contributed by atoms with van der Waals surface area (Å²) in [7, 11) is 0. The van der Waals surface area contributed by atoms with Gasteiger partial charge in [-0.3, -0.25) is 19.5 Å². The van der Waals surface area contributed by atoms with Crippen molar-refractivity contribution in [1.29, 1.82) is 0 Å². The Morgan fingerprint density at radius 3 is 2.57 bits per heavy atom. The van der Waals surface area contributed by atoms with Crippen molar-refractivity contribution in [3.05, 3.63) is 80.9 Å². The molecule has 2 aromatic carbocycles. The molecule has 144 valence electrons. The summed E-state index contributed by atoms with van der Waals surface area (Å²) in [6, 6.07) is 13.9. The Hall–Kier alpha value is -3.88. The van der Waals surface area contributed by atoms with Crippen LogP contribution < -0.4 is 11.0 Å². The van der Waals surface area contributed by atoms with Gasteiger partial charge in [-0.25, -0.2) is 4.79 Å². The number of amides is 1. The highest BCUT2D eigenvalue weighted by Crippen LogP contribution is 2.24. The topological polar surface area (TPSA) is 130 Å². The number of aromatic nitrogens is 2. The van der Waals surface area contributed by atoms with Crippen molar-refractivity contribution in [2.75, 3.05) is 6.54 Å². The second-order valence-electron chi connectivity index (χ2n) is 6.14. The molecule has 1 heterocycles. The van der Waals surface area contributed by atoms with Crippen LogP contribution in [-0.2, 0) is 17.8 Å². The molecule has 0 aliphatic heterocycles. The van der Waals surface area contributed by atoms with Gasteiger partial charge in [-0.2, -0.15) is 0 Å². The molecule has 0 atom stereocenters. The molecular weight excluding hydrogens is 364 g/mol. The lowest BCUT2D eigenvalue weighted by molar-refractivity contribution is -0.384. The first kappa shape index (κ1) is 18.9. The van der Waals surface area contributed by atoms with Crippen molar-refractivity contribution < 1.29 is 14.8 Å². The van der Waals surface area contributed by atoms with Gasteiger partial charge in [0.1, 0.15) is 6.54 Å². The zero-order valence-electron chi connectivity index (χ0n) is 14.8. The number of nitrogens with zero attached hydrogens (tertiary/aromatic N) is 2. The van der Waals surface area contributed by atoms with Gasteiger partial charge in [0.2, 0.25) is 11.8 Å². The molecule has 0 radical (unpaired) electrons. The highest BCUT2D eigenvalue weighted by molar-refractivity contribution is 5.75. The average Bonchev–Trinajstić information content (AvgIpc) is 3.00. The predicted octanol–water partition coefficient (Wildman–Crippen LogP) is 1.82. The molecule has 0 unspecified atom stereocenters. The van der Waals surface area contributed by atoms with Gasteiger partial charge in [-0.15, -0.1) is 0 Å². The molecule has 1 amide bonds. The monoisotopic (exact) mass is 382 g/mol. The highest BCUT2D eigenvalue weighted by atomic mass is 16.6. The minimum absolute atomic E-state index is 0.0388. The van der Waals surface area contributed by atoms with Crippen LogP contribution in [0.5, 0.6) is 5.88 Å². The third kappa shape index (κ3) is 4.44. The number of aromatic amines is 1. The summed E-state index contributed by atoms with van der Waals surface area (Å²) in [5.41, 5.74) is 2.09. The van der Waals surface area contributed by atoms with Crippen LogP contribution >= 0.6 is 0 Å². The summed E-state index contributed by atoms with van der Waals surface area (Å²) in [4.78, 5) is 36.0. The van der Waals surface area contributed by atoms with Crippen LogP contribution in [0.25, 0.3) is 11.1 Å². The van der Waals surface area contributed by atoms with Crippen molar-refractivity contribution in [1.82, 2.24) is 14.9 Å². The molecule has 3 aromatic rings. The van der Waals surface area contributed by atoms with Gasteiger partial charge in [-0.05, 0) is 23.1 Å². The number of hydrogen-bond donors (Lipinski definition) is 3. The number of aromatic hydroxyl groups is 1. The summed E-state index contributed by atoms with van der Waals surface area (Å²) < 4.78 is 0.934. The molecule has 9 heteroatoms. The average molecular weight is 382 g/mol. The Bertz CT molecular complexity index is 1050. The first-order valence-electron chi connectivity index (χ1n) is 8.51. The molecular formula is C19H18N4O5. The van der Waals surface area contributed by atoms with E-state index in [4.69, 9.17) is 0 Å². The lowest BCUT2D eigenvalue weighted by atomic mass is 10.0. The number of rotatable bonds is 7. The first-order chi connectivity index (χ1) is 13.4. The number of carbonyl (C=O) groups excluding carboxylic acids is 1. The normalized spacial score (nSPS) is 10.6. The number of non-ortho nitro benzene ring substituents is 1. The maximum atomic E-state index is 11.9. The Balaban J connectivity index is 1.55. The molecule has 1 aromatic heterocycles. The highest BCUT2D eigenvalue weighted by Gasteiger charge is 2.10. The van der Waals surface area contributed by atoms with Gasteiger partial charge in [0.05, 0.1) is 11.1 Å². The number of hydrogen-bond acceptors (Lipinski definition) is 5. The van der Waals surface area contributed by atoms with Crippen LogP contribution in [0.3, 0.4) is 0 Å². The maximum absolute atomic E-state index is 11.9. The second-order valence-corrected chi connectivity index (χ2v) is 6.14. The van der Waals surface area contributed by atoms with E-state index in [2.05, 4.69) is 10.3 Å². The van der Waals surface area contributed by atoms with Crippen LogP contribution in [-0.4, -0.2) is 32.0 Å². The lowest BCUT2D eigenvalue weighted by Crippen LogP contribution is -2.32. The number of benzene rings is 2. The van der Waals surface area contributed by atoms with E-state index in [0.717, 1.165) is 27.5 Å². The van der Waals surface area contributed by atoms with Crippen molar-refractivity contribution in [3.8, 4) is 17.0 Å². The molecule has 28 heavy (non-hydrogen) atoms. The summed E-state index contributed by atoms with van der Waals surface area (Å²) in [6.07, 6.45) is 1.70. The Kier molecular flexibility index (Phi) is 5.54. The van der Waals surface area contributed by atoms with Crippen LogP contribution in [0, 0.1) is 10.1 Å². The minimum atomic E-state index is -0.551. The molecule has 0 aliphatic carbocycles. The Morgan fingerprint density at radius 1 is 1.18 bits per heavy atom. The summed E-state index contributed by atoms with van der Waals surface area (Å²) in [6.45, 7) is 0.106. The maximum Gasteiger partial charge on any atom is 0.328 e. The molecule has 0 spiro atoms. The molecule has 3 rings (SSSR count). The molecule has 3 N–H and O–H groups in total. The van der Waals surface area contributed by atoms with E-state index < -0.39 is 10.6 Å². The van der Waals surface area contributed by atoms with E-state index in [1.165, 1.54) is 12.1 Å². The van der Waals surface area contributed by atoms with Gasteiger partial charge in [0, 0.05) is 18.7 Å². The molecule has 0 bridgehead atoms. The van der Waals surface area contributed by atoms with Gasteiger partial charge >= 0.3 is 5.69 Å². The summed E-state index contributed by atoms with van der Waals surface area (Å²) in [5.74, 6) is -0.679. The van der Waals surface area contributed by atoms with Crippen LogP contribution in [0.1, 0.15) is 5.56 Å². The van der Waals surface area contributed by atoms with Crippen molar-refractivity contribution in [2.24, 2.45) is 0 Å². The number of carbonyl (C=O) groups is 1. The fourth-order valence-corrected chi connectivity index (χ4v) is 2.75. The third-order valence-electron chi connectivity index (χ3n) is 4.23. The molecule has 0 aliphatic rings. The fourth-order valence-electron chi connectivity index (χ4n) is 2.75. The number of H-pyrrole nitrogens is 1. The quantitative estimate of drug-likeness (QED) is 0.424. The summed E-state index contributed by atoms with van der Waals surface area (Å²) in [5, 5.41) is 23.0. The van der Waals surface area contributed by atoms with E-state index >= 15 is 0 Å². The SMILES string of the molecule is O=C(Cn1c(O)c[nH]c1=O)NCCc1ccc(-c2cccc([N+](=O)[O-])c2)cc1.